The highest BCUT2D eigenvalue weighted by Gasteiger charge is 2.29. The number of rotatable bonds is 8. The minimum Gasteiger partial charge on any atom is -0.461 e. The summed E-state index contributed by atoms with van der Waals surface area (Å²) in [5.41, 5.74) is 2.45. The molecule has 0 aliphatic heterocycles. The quantitative estimate of drug-likeness (QED) is 0.537. The van der Waals surface area contributed by atoms with Crippen LogP contribution in [0, 0.1) is 20.8 Å². The smallest absolute Gasteiger partial charge is 0.355 e. The van der Waals surface area contributed by atoms with Gasteiger partial charge in [-0.25, -0.2) is 13.2 Å². The lowest BCUT2D eigenvalue weighted by Crippen LogP contribution is -2.35. The van der Waals surface area contributed by atoms with E-state index in [1.165, 1.54) is 12.1 Å². The number of Topliss-reactive ketones (excluding diaryl/α,β-unsaturated/α-hetero) is 1. The van der Waals surface area contributed by atoms with E-state index in [0.29, 0.717) is 16.8 Å². The summed E-state index contributed by atoms with van der Waals surface area (Å²) in [6, 6.07) is 6.50. The predicted octanol–water partition coefficient (Wildman–Crippen LogP) is 3.01. The molecular formula is C20H26N2O5S. The fourth-order valence-corrected chi connectivity index (χ4v) is 4.45. The van der Waals surface area contributed by atoms with Crippen molar-refractivity contribution in [2.75, 3.05) is 19.7 Å². The van der Waals surface area contributed by atoms with Crippen LogP contribution in [0.1, 0.15) is 51.5 Å². The number of carbonyl (C=O) groups excluding carboxylic acids is 2. The third-order valence-corrected chi connectivity index (χ3v) is 6.46. The molecule has 0 saturated heterocycles. The Kier molecular flexibility index (Phi) is 6.79. The Hall–Kier alpha value is -2.45. The number of esters is 1. The van der Waals surface area contributed by atoms with Crippen molar-refractivity contribution in [3.05, 3.63) is 52.3 Å². The van der Waals surface area contributed by atoms with Gasteiger partial charge in [0.2, 0.25) is 10.0 Å². The topological polar surface area (TPSA) is 96.5 Å². The van der Waals surface area contributed by atoms with E-state index in [1.54, 1.807) is 39.8 Å². The highest BCUT2D eigenvalue weighted by atomic mass is 32.2. The van der Waals surface area contributed by atoms with Gasteiger partial charge in [0.25, 0.3) is 0 Å². The van der Waals surface area contributed by atoms with Crippen molar-refractivity contribution >= 4 is 21.8 Å². The lowest BCUT2D eigenvalue weighted by atomic mass is 10.1. The minimum atomic E-state index is -3.80. The van der Waals surface area contributed by atoms with E-state index in [2.05, 4.69) is 4.98 Å². The van der Waals surface area contributed by atoms with E-state index in [1.807, 2.05) is 6.92 Å². The predicted molar refractivity (Wildman–Crippen MR) is 106 cm³/mol. The summed E-state index contributed by atoms with van der Waals surface area (Å²) in [5.74, 6) is -0.916. The van der Waals surface area contributed by atoms with E-state index >= 15 is 0 Å². The Morgan fingerprint density at radius 1 is 1.07 bits per heavy atom. The van der Waals surface area contributed by atoms with Gasteiger partial charge in [0.15, 0.2) is 5.78 Å². The fraction of sp³-hybridized carbons (Fsp3) is 0.400. The van der Waals surface area contributed by atoms with Crippen LogP contribution >= 0.6 is 0 Å². The van der Waals surface area contributed by atoms with Crippen LogP contribution in [0.4, 0.5) is 0 Å². The number of carbonyl (C=O) groups is 2. The minimum absolute atomic E-state index is 0.141. The van der Waals surface area contributed by atoms with Crippen LogP contribution in [0.5, 0.6) is 0 Å². The van der Waals surface area contributed by atoms with Crippen LogP contribution < -0.4 is 0 Å². The molecular weight excluding hydrogens is 380 g/mol. The second kappa shape index (κ2) is 8.70. The fourth-order valence-electron chi connectivity index (χ4n) is 3.04. The normalized spacial score (nSPS) is 11.6. The first-order chi connectivity index (χ1) is 13.1. The molecule has 152 valence electrons. The number of H-pyrrole nitrogens is 1. The molecule has 0 bridgehead atoms. The summed E-state index contributed by atoms with van der Waals surface area (Å²) < 4.78 is 31.9. The number of ketones is 1. The van der Waals surface area contributed by atoms with Gasteiger partial charge in [-0.3, -0.25) is 4.79 Å². The molecule has 0 aliphatic carbocycles. The summed E-state index contributed by atoms with van der Waals surface area (Å²) >= 11 is 0. The molecule has 0 saturated carbocycles. The van der Waals surface area contributed by atoms with E-state index < -0.39 is 16.0 Å². The van der Waals surface area contributed by atoms with Crippen molar-refractivity contribution in [3.8, 4) is 0 Å². The number of hydrogen-bond donors (Lipinski definition) is 1. The first kappa shape index (κ1) is 21.8. The Morgan fingerprint density at radius 2 is 1.68 bits per heavy atom. The van der Waals surface area contributed by atoms with Crippen LogP contribution in [-0.4, -0.2) is 49.2 Å². The van der Waals surface area contributed by atoms with Crippen LogP contribution in [0.15, 0.2) is 29.2 Å². The average Bonchev–Trinajstić information content (AvgIpc) is 2.94. The van der Waals surface area contributed by atoms with Crippen molar-refractivity contribution in [1.82, 2.24) is 9.29 Å². The molecule has 1 aromatic heterocycles. The first-order valence-electron chi connectivity index (χ1n) is 9.09. The van der Waals surface area contributed by atoms with Gasteiger partial charge in [-0.15, -0.1) is 0 Å². The molecule has 1 aromatic carbocycles. The summed E-state index contributed by atoms with van der Waals surface area (Å²) in [4.78, 5) is 28.0. The summed E-state index contributed by atoms with van der Waals surface area (Å²) in [5, 5.41) is 0. The SMILES string of the molecule is CCOC(=O)c1[nH]c(C)c(C(=O)CN(CC)S(=O)(=O)c2ccc(C)cc2)c1C. The maximum absolute atomic E-state index is 12.9. The highest BCUT2D eigenvalue weighted by molar-refractivity contribution is 7.89. The van der Waals surface area contributed by atoms with E-state index in [4.69, 9.17) is 4.74 Å². The molecule has 28 heavy (non-hydrogen) atoms. The Balaban J connectivity index is 2.32. The van der Waals surface area contributed by atoms with Crippen LogP contribution in [0.2, 0.25) is 0 Å². The number of sulfonamides is 1. The standard InChI is InChI=1S/C20H26N2O5S/c1-6-22(28(25,26)16-10-8-13(3)9-11-16)12-17(23)18-14(4)19(21-15(18)5)20(24)27-7-2/h8-11,21H,6-7,12H2,1-5H3. The lowest BCUT2D eigenvalue weighted by molar-refractivity contribution is 0.0519. The van der Waals surface area contributed by atoms with Crippen LogP contribution in [0.3, 0.4) is 0 Å². The molecule has 0 atom stereocenters. The zero-order chi connectivity index (χ0) is 21.1. The molecule has 1 heterocycles. The van der Waals surface area contributed by atoms with Crippen molar-refractivity contribution in [2.24, 2.45) is 0 Å². The maximum Gasteiger partial charge on any atom is 0.355 e. The van der Waals surface area contributed by atoms with Crippen molar-refractivity contribution in [3.63, 3.8) is 0 Å². The van der Waals surface area contributed by atoms with Crippen LogP contribution in [0.25, 0.3) is 0 Å². The third-order valence-electron chi connectivity index (χ3n) is 4.53. The first-order valence-corrected chi connectivity index (χ1v) is 10.5. The maximum atomic E-state index is 12.9. The molecule has 0 aliphatic rings. The third kappa shape index (κ3) is 4.34. The number of ether oxygens (including phenoxy) is 1. The Labute approximate surface area is 165 Å². The highest BCUT2D eigenvalue weighted by Crippen LogP contribution is 2.22. The van der Waals surface area contributed by atoms with E-state index in [9.17, 15) is 18.0 Å². The zero-order valence-corrected chi connectivity index (χ0v) is 17.6. The number of nitrogens with one attached hydrogen (secondary N) is 1. The monoisotopic (exact) mass is 406 g/mol. The second-order valence-corrected chi connectivity index (χ2v) is 8.45. The van der Waals surface area contributed by atoms with Crippen molar-refractivity contribution < 1.29 is 22.7 Å². The lowest BCUT2D eigenvalue weighted by Gasteiger charge is -2.20. The van der Waals surface area contributed by atoms with Crippen LogP contribution in [-0.2, 0) is 14.8 Å². The summed E-state index contributed by atoms with van der Waals surface area (Å²) in [7, 11) is -3.80. The average molecular weight is 407 g/mol. The summed E-state index contributed by atoms with van der Waals surface area (Å²) in [6.45, 7) is 8.63. The molecule has 0 spiro atoms. The molecule has 8 heteroatoms. The van der Waals surface area contributed by atoms with Gasteiger partial charge in [0, 0.05) is 17.8 Å². The summed E-state index contributed by atoms with van der Waals surface area (Å²) in [6.07, 6.45) is 0. The number of hydrogen-bond acceptors (Lipinski definition) is 5. The molecule has 2 aromatic rings. The Morgan fingerprint density at radius 3 is 2.21 bits per heavy atom. The Bertz CT molecular complexity index is 975. The zero-order valence-electron chi connectivity index (χ0n) is 16.8. The number of benzene rings is 1. The number of aryl methyl sites for hydroxylation is 2. The molecule has 0 amide bonds. The largest absolute Gasteiger partial charge is 0.461 e. The van der Waals surface area contributed by atoms with Gasteiger partial charge in [-0.1, -0.05) is 24.6 Å². The van der Waals surface area contributed by atoms with Gasteiger partial charge in [-0.05, 0) is 45.4 Å². The molecule has 0 radical (unpaired) electrons. The number of aromatic nitrogens is 1. The van der Waals surface area contributed by atoms with E-state index in [-0.39, 0.29) is 36.1 Å². The van der Waals surface area contributed by atoms with E-state index in [0.717, 1.165) is 9.87 Å². The van der Waals surface area contributed by atoms with Crippen molar-refractivity contribution in [1.29, 1.82) is 0 Å². The molecule has 7 nitrogen and oxygen atoms in total. The molecule has 2 rings (SSSR count). The number of likely N-dealkylation sites (N-methyl/N-ethyl adjacent to an activating group) is 1. The number of aromatic amines is 1. The van der Waals surface area contributed by atoms with Gasteiger partial charge in [-0.2, -0.15) is 4.31 Å². The molecule has 0 fully saturated rings. The van der Waals surface area contributed by atoms with Gasteiger partial charge >= 0.3 is 5.97 Å². The molecule has 1 N–H and O–H groups in total. The number of nitrogens with zero attached hydrogens (tertiary/aromatic N) is 1. The van der Waals surface area contributed by atoms with Crippen molar-refractivity contribution in [2.45, 2.75) is 39.5 Å². The van der Waals surface area contributed by atoms with Gasteiger partial charge in [0.05, 0.1) is 18.0 Å². The second-order valence-electron chi connectivity index (χ2n) is 6.51. The molecule has 0 unspecified atom stereocenters. The van der Waals surface area contributed by atoms with Gasteiger partial charge < -0.3 is 9.72 Å². The van der Waals surface area contributed by atoms with Gasteiger partial charge in [0.1, 0.15) is 5.69 Å².